The van der Waals surface area contributed by atoms with Gasteiger partial charge in [-0.3, -0.25) is 14.4 Å². The van der Waals surface area contributed by atoms with E-state index >= 15 is 0 Å². The van der Waals surface area contributed by atoms with Crippen LogP contribution < -0.4 is 15.4 Å². The Balaban J connectivity index is 1.57. The molecule has 1 aliphatic heterocycles. The zero-order valence-corrected chi connectivity index (χ0v) is 27.6. The molecular weight excluding hydrogens is 648 g/mol. The van der Waals surface area contributed by atoms with E-state index in [1.807, 2.05) is 44.2 Å². The summed E-state index contributed by atoms with van der Waals surface area (Å²) < 4.78 is 7.64. The minimum absolute atomic E-state index is 0.0349. The molecule has 0 saturated heterocycles. The summed E-state index contributed by atoms with van der Waals surface area (Å²) in [4.78, 5) is 40.6. The molecule has 6 nitrogen and oxygen atoms in total. The molecule has 0 atom stereocenters. The lowest BCUT2D eigenvalue weighted by Crippen LogP contribution is -2.42. The summed E-state index contributed by atoms with van der Waals surface area (Å²) in [6.07, 6.45) is 2.21. The Morgan fingerprint density at radius 2 is 1.54 bits per heavy atom. The van der Waals surface area contributed by atoms with Crippen LogP contribution in [0.4, 0.5) is 5.69 Å². The highest BCUT2D eigenvalue weighted by Gasteiger charge is 2.47. The molecule has 0 radical (unpaired) electrons. The van der Waals surface area contributed by atoms with Crippen LogP contribution >= 0.6 is 31.9 Å². The van der Waals surface area contributed by atoms with E-state index in [4.69, 9.17) is 4.74 Å². The fourth-order valence-corrected chi connectivity index (χ4v) is 7.73. The molecular formula is C33H36Br2N2O4. The normalized spacial score (nSPS) is 19.9. The molecule has 2 aromatic carbocycles. The first-order valence-corrected chi connectivity index (χ1v) is 15.5. The van der Waals surface area contributed by atoms with Gasteiger partial charge in [-0.05, 0) is 82.8 Å². The van der Waals surface area contributed by atoms with Crippen LogP contribution in [-0.2, 0) is 14.4 Å². The number of hydrogen-bond donors (Lipinski definition) is 2. The maximum atomic E-state index is 13.8. The molecule has 0 fully saturated rings. The lowest BCUT2D eigenvalue weighted by molar-refractivity contribution is -0.120. The van der Waals surface area contributed by atoms with Gasteiger partial charge in [-0.1, -0.05) is 55.8 Å². The zero-order chi connectivity index (χ0) is 29.9. The topological polar surface area (TPSA) is 84.5 Å². The molecule has 8 heteroatoms. The summed E-state index contributed by atoms with van der Waals surface area (Å²) in [6.45, 7) is 12.1. The number of ether oxygens (including phenoxy) is 1. The van der Waals surface area contributed by atoms with Crippen molar-refractivity contribution >= 4 is 55.0 Å². The number of allylic oxidation sites excluding steroid dienone is 4. The van der Waals surface area contributed by atoms with Crippen molar-refractivity contribution in [3.63, 3.8) is 0 Å². The number of benzene rings is 2. The molecule has 3 aliphatic rings. The number of Topliss-reactive ketones (excluding diaryl/α,β-unsaturated/α-hetero) is 2. The fourth-order valence-electron chi connectivity index (χ4n) is 6.36. The second-order valence-electron chi connectivity index (χ2n) is 13.1. The van der Waals surface area contributed by atoms with Gasteiger partial charge in [-0.2, -0.15) is 0 Å². The smallest absolute Gasteiger partial charge is 0.262 e. The minimum atomic E-state index is -0.584. The second-order valence-corrected chi connectivity index (χ2v) is 14.9. The van der Waals surface area contributed by atoms with Gasteiger partial charge < -0.3 is 15.4 Å². The Morgan fingerprint density at radius 1 is 0.951 bits per heavy atom. The molecule has 0 spiro atoms. The van der Waals surface area contributed by atoms with Crippen molar-refractivity contribution in [2.24, 2.45) is 10.8 Å². The van der Waals surface area contributed by atoms with Gasteiger partial charge >= 0.3 is 0 Å². The number of rotatable bonds is 5. The number of hydrogen-bond acceptors (Lipinski definition) is 5. The van der Waals surface area contributed by atoms with Crippen LogP contribution in [0.3, 0.4) is 0 Å². The predicted octanol–water partition coefficient (Wildman–Crippen LogP) is 7.82. The fraction of sp³-hybridized carbons (Fsp3) is 0.424. The number of nitrogens with one attached hydrogen (secondary N) is 2. The number of halogens is 2. The van der Waals surface area contributed by atoms with E-state index < -0.39 is 5.92 Å². The number of dihydropyridines is 1. The maximum absolute atomic E-state index is 13.8. The van der Waals surface area contributed by atoms with E-state index in [2.05, 4.69) is 70.2 Å². The SMILES string of the molecule is Cc1cccc(NC(=O)COc2c(Br)cc(Br)cc2C2C3=C(CC(C)(C)CC3=O)NC3=C2C(=O)CC(C)(C)C3)c1C. The number of ketones is 2. The van der Waals surface area contributed by atoms with Crippen molar-refractivity contribution in [3.8, 4) is 5.75 Å². The van der Waals surface area contributed by atoms with Crippen LogP contribution in [0.5, 0.6) is 5.75 Å². The van der Waals surface area contributed by atoms with Crippen molar-refractivity contribution in [1.82, 2.24) is 5.32 Å². The molecule has 2 N–H and O–H groups in total. The third-order valence-electron chi connectivity index (χ3n) is 8.29. The highest BCUT2D eigenvalue weighted by atomic mass is 79.9. The summed E-state index contributed by atoms with van der Waals surface area (Å²) in [5.41, 5.74) is 6.16. The number of amides is 1. The van der Waals surface area contributed by atoms with Gasteiger partial charge in [0, 0.05) is 57.0 Å². The minimum Gasteiger partial charge on any atom is -0.482 e. The van der Waals surface area contributed by atoms with Crippen molar-refractivity contribution in [3.05, 3.63) is 78.5 Å². The molecule has 41 heavy (non-hydrogen) atoms. The molecule has 0 bridgehead atoms. The molecule has 0 unspecified atom stereocenters. The van der Waals surface area contributed by atoms with Crippen LogP contribution in [0.25, 0.3) is 0 Å². The Kier molecular flexibility index (Phi) is 7.88. The van der Waals surface area contributed by atoms with Crippen molar-refractivity contribution in [2.75, 3.05) is 11.9 Å². The van der Waals surface area contributed by atoms with Gasteiger partial charge in [0.25, 0.3) is 5.91 Å². The standard InChI is InChI=1S/C33H36Br2N2O4/c1-17-8-7-9-22(18(17)2)37-27(40)16-41-31-20(10-19(34)11-21(31)35)28-29-23(12-32(3,4)14-25(29)38)36-24-13-33(5,6)15-26(39)30(24)28/h7-11,28,36H,12-16H2,1-6H3,(H,37,40). The summed E-state index contributed by atoms with van der Waals surface area (Å²) >= 11 is 7.25. The van der Waals surface area contributed by atoms with Crippen molar-refractivity contribution < 1.29 is 19.1 Å². The third-order valence-corrected chi connectivity index (χ3v) is 9.34. The first kappa shape index (κ1) is 29.8. The largest absolute Gasteiger partial charge is 0.482 e. The number of anilines is 1. The van der Waals surface area contributed by atoms with Gasteiger partial charge in [0.1, 0.15) is 5.75 Å². The van der Waals surface area contributed by atoms with Crippen LogP contribution in [-0.4, -0.2) is 24.1 Å². The number of carbonyl (C=O) groups is 3. The van der Waals surface area contributed by atoms with Crippen LogP contribution in [0.1, 0.15) is 76.0 Å². The van der Waals surface area contributed by atoms with Crippen LogP contribution in [0, 0.1) is 24.7 Å². The summed E-state index contributed by atoms with van der Waals surface area (Å²) in [5, 5.41) is 6.50. The van der Waals surface area contributed by atoms with Gasteiger partial charge in [-0.15, -0.1) is 0 Å². The average molecular weight is 684 g/mol. The lowest BCUT2D eigenvalue weighted by atomic mass is 9.64. The summed E-state index contributed by atoms with van der Waals surface area (Å²) in [7, 11) is 0. The second kappa shape index (κ2) is 10.8. The molecule has 2 aliphatic carbocycles. The number of carbonyl (C=O) groups excluding carboxylic acids is 3. The number of aryl methyl sites for hydroxylation is 1. The van der Waals surface area contributed by atoms with Crippen molar-refractivity contribution in [1.29, 1.82) is 0 Å². The Hall–Kier alpha value is -2.71. The Labute approximate surface area is 258 Å². The molecule has 1 heterocycles. The first-order chi connectivity index (χ1) is 19.2. The average Bonchev–Trinajstić information content (AvgIpc) is 2.83. The molecule has 216 valence electrons. The Morgan fingerprint density at radius 3 is 2.12 bits per heavy atom. The lowest BCUT2D eigenvalue weighted by Gasteiger charge is -2.44. The van der Waals surface area contributed by atoms with E-state index in [1.165, 1.54) is 0 Å². The maximum Gasteiger partial charge on any atom is 0.262 e. The predicted molar refractivity (Wildman–Crippen MR) is 168 cm³/mol. The zero-order valence-electron chi connectivity index (χ0n) is 24.4. The van der Waals surface area contributed by atoms with Crippen molar-refractivity contribution in [2.45, 2.75) is 73.1 Å². The van der Waals surface area contributed by atoms with Crippen LogP contribution in [0.15, 0.2) is 61.8 Å². The van der Waals surface area contributed by atoms with Crippen LogP contribution in [0.2, 0.25) is 0 Å². The van der Waals surface area contributed by atoms with E-state index in [9.17, 15) is 14.4 Å². The van der Waals surface area contributed by atoms with Gasteiger partial charge in [0.15, 0.2) is 18.2 Å². The quantitative estimate of drug-likeness (QED) is 0.336. The first-order valence-electron chi connectivity index (χ1n) is 13.9. The molecule has 0 aromatic heterocycles. The van der Waals surface area contributed by atoms with E-state index in [0.717, 1.165) is 32.7 Å². The monoisotopic (exact) mass is 682 g/mol. The van der Waals surface area contributed by atoms with E-state index in [0.29, 0.717) is 52.6 Å². The van der Waals surface area contributed by atoms with E-state index in [-0.39, 0.29) is 34.9 Å². The van der Waals surface area contributed by atoms with Gasteiger partial charge in [-0.25, -0.2) is 0 Å². The summed E-state index contributed by atoms with van der Waals surface area (Å²) in [5.74, 6) is -0.361. The molecule has 1 amide bonds. The highest BCUT2D eigenvalue weighted by molar-refractivity contribution is 9.11. The third kappa shape index (κ3) is 5.96. The van der Waals surface area contributed by atoms with Gasteiger partial charge in [0.2, 0.25) is 0 Å². The molecule has 0 saturated carbocycles. The Bertz CT molecular complexity index is 1500. The van der Waals surface area contributed by atoms with E-state index in [1.54, 1.807) is 0 Å². The molecule has 5 rings (SSSR count). The molecule has 2 aromatic rings. The highest BCUT2D eigenvalue weighted by Crippen LogP contribution is 2.53. The summed E-state index contributed by atoms with van der Waals surface area (Å²) in [6, 6.07) is 9.53. The van der Waals surface area contributed by atoms with Gasteiger partial charge in [0.05, 0.1) is 4.47 Å².